The van der Waals surface area contributed by atoms with Crippen LogP contribution in [-0.4, -0.2) is 5.91 Å². The van der Waals surface area contributed by atoms with Crippen molar-refractivity contribution >= 4 is 5.91 Å². The molecule has 0 spiro atoms. The van der Waals surface area contributed by atoms with Crippen LogP contribution in [0.3, 0.4) is 0 Å². The molecule has 1 saturated carbocycles. The van der Waals surface area contributed by atoms with Gasteiger partial charge in [-0.05, 0) is 25.7 Å². The average molecular weight is 137 g/mol. The van der Waals surface area contributed by atoms with E-state index in [-0.39, 0.29) is 5.91 Å². The van der Waals surface area contributed by atoms with Crippen molar-refractivity contribution in [3.8, 4) is 0 Å². The normalized spacial score (nSPS) is 24.6. The average Bonchev–Trinajstić information content (AvgIpc) is 2.68. The van der Waals surface area contributed by atoms with Crippen molar-refractivity contribution in [3.05, 3.63) is 11.3 Å². The highest BCUT2D eigenvalue weighted by atomic mass is 16.1. The zero-order chi connectivity index (χ0) is 6.97. The summed E-state index contributed by atoms with van der Waals surface area (Å²) < 4.78 is 0. The number of allylic oxidation sites excluding steroid dienone is 2. The Balaban J connectivity index is 2.10. The lowest BCUT2D eigenvalue weighted by Gasteiger charge is -2.14. The molecule has 1 aliphatic heterocycles. The molecule has 1 saturated heterocycles. The maximum absolute atomic E-state index is 10.9. The van der Waals surface area contributed by atoms with Gasteiger partial charge in [0.1, 0.15) is 0 Å². The van der Waals surface area contributed by atoms with Crippen LogP contribution in [-0.2, 0) is 4.79 Å². The van der Waals surface area contributed by atoms with Crippen molar-refractivity contribution in [1.29, 1.82) is 0 Å². The lowest BCUT2D eigenvalue weighted by molar-refractivity contribution is -0.121. The van der Waals surface area contributed by atoms with Gasteiger partial charge in [-0.2, -0.15) is 0 Å². The largest absolute Gasteiger partial charge is 0.330 e. The molecule has 1 amide bonds. The Labute approximate surface area is 60.3 Å². The predicted molar refractivity (Wildman–Crippen MR) is 38.3 cm³/mol. The lowest BCUT2D eigenvalue weighted by Crippen LogP contribution is -2.26. The van der Waals surface area contributed by atoms with Crippen molar-refractivity contribution in [3.63, 3.8) is 0 Å². The number of rotatable bonds is 0. The summed E-state index contributed by atoms with van der Waals surface area (Å²) in [6.45, 7) is 0. The van der Waals surface area contributed by atoms with Crippen molar-refractivity contribution in [2.75, 3.05) is 0 Å². The molecule has 0 aromatic rings. The Morgan fingerprint density at radius 1 is 1.10 bits per heavy atom. The fraction of sp³-hybridized carbons (Fsp3) is 0.625. The maximum Gasteiger partial charge on any atom is 0.224 e. The van der Waals surface area contributed by atoms with Gasteiger partial charge in [0.2, 0.25) is 5.91 Å². The summed E-state index contributed by atoms with van der Waals surface area (Å²) in [4.78, 5) is 10.9. The Morgan fingerprint density at radius 3 is 2.50 bits per heavy atom. The number of carbonyl (C=O) groups is 1. The third-order valence-corrected chi connectivity index (χ3v) is 2.05. The van der Waals surface area contributed by atoms with E-state index in [1.807, 2.05) is 0 Å². The molecule has 10 heavy (non-hydrogen) atoms. The smallest absolute Gasteiger partial charge is 0.224 e. The maximum atomic E-state index is 10.9. The minimum Gasteiger partial charge on any atom is -0.330 e. The molecule has 2 rings (SSSR count). The van der Waals surface area contributed by atoms with Crippen molar-refractivity contribution < 1.29 is 4.79 Å². The first kappa shape index (κ1) is 5.96. The quantitative estimate of drug-likeness (QED) is 0.536. The second-order valence-corrected chi connectivity index (χ2v) is 2.98. The van der Waals surface area contributed by atoms with E-state index in [1.165, 1.54) is 24.1 Å². The van der Waals surface area contributed by atoms with Gasteiger partial charge in [0.25, 0.3) is 0 Å². The summed E-state index contributed by atoms with van der Waals surface area (Å²) in [5.41, 5.74) is 2.71. The van der Waals surface area contributed by atoms with E-state index in [0.29, 0.717) is 0 Å². The zero-order valence-electron chi connectivity index (χ0n) is 5.94. The number of piperidine rings is 1. The van der Waals surface area contributed by atoms with Crippen molar-refractivity contribution in [2.24, 2.45) is 0 Å². The van der Waals surface area contributed by atoms with E-state index in [0.717, 1.165) is 19.3 Å². The molecule has 2 nitrogen and oxygen atoms in total. The number of hydrogen-bond acceptors (Lipinski definition) is 1. The predicted octanol–water partition coefficient (Wildman–Crippen LogP) is 1.33. The topological polar surface area (TPSA) is 29.1 Å². The van der Waals surface area contributed by atoms with Crippen LogP contribution in [0.15, 0.2) is 11.3 Å². The first-order valence-electron chi connectivity index (χ1n) is 3.87. The Bertz CT molecular complexity index is 199. The van der Waals surface area contributed by atoms with Gasteiger partial charge < -0.3 is 5.32 Å². The summed E-state index contributed by atoms with van der Waals surface area (Å²) in [6.07, 6.45) is 5.30. The molecule has 1 aliphatic carbocycles. The minimum atomic E-state index is 0.209. The van der Waals surface area contributed by atoms with Crippen LogP contribution in [0.1, 0.15) is 32.1 Å². The highest BCUT2D eigenvalue weighted by Gasteiger charge is 2.21. The molecular weight excluding hydrogens is 126 g/mol. The Hall–Kier alpha value is -0.790. The summed E-state index contributed by atoms with van der Waals surface area (Å²) in [6, 6.07) is 0. The molecule has 0 atom stereocenters. The van der Waals surface area contributed by atoms with Crippen molar-refractivity contribution in [1.82, 2.24) is 5.32 Å². The molecule has 2 heteroatoms. The van der Waals surface area contributed by atoms with Crippen LogP contribution >= 0.6 is 0 Å². The standard InChI is InChI=1S/C8H11NO/c10-8-3-1-2-7(9-8)6-4-5-6/h1-5H2,(H,9,10). The molecule has 2 fully saturated rings. The summed E-state index contributed by atoms with van der Waals surface area (Å²) in [5, 5.41) is 2.92. The van der Waals surface area contributed by atoms with E-state index in [4.69, 9.17) is 0 Å². The van der Waals surface area contributed by atoms with E-state index >= 15 is 0 Å². The molecule has 0 radical (unpaired) electrons. The lowest BCUT2D eigenvalue weighted by atomic mass is 10.1. The van der Waals surface area contributed by atoms with Crippen LogP contribution in [0, 0.1) is 0 Å². The van der Waals surface area contributed by atoms with Crippen LogP contribution in [0.4, 0.5) is 0 Å². The first-order valence-corrected chi connectivity index (χ1v) is 3.87. The summed E-state index contributed by atoms with van der Waals surface area (Å²) >= 11 is 0. The van der Waals surface area contributed by atoms with Crippen LogP contribution in [0.2, 0.25) is 0 Å². The number of amides is 1. The zero-order valence-corrected chi connectivity index (χ0v) is 5.94. The van der Waals surface area contributed by atoms with E-state index in [9.17, 15) is 4.79 Å². The minimum absolute atomic E-state index is 0.209. The molecule has 1 N–H and O–H groups in total. The van der Waals surface area contributed by atoms with Gasteiger partial charge in [-0.3, -0.25) is 4.79 Å². The number of carbonyl (C=O) groups excluding carboxylic acids is 1. The monoisotopic (exact) mass is 137 g/mol. The third-order valence-electron chi connectivity index (χ3n) is 2.05. The second kappa shape index (κ2) is 2.11. The fourth-order valence-corrected chi connectivity index (χ4v) is 1.35. The Morgan fingerprint density at radius 2 is 1.90 bits per heavy atom. The molecule has 54 valence electrons. The first-order chi connectivity index (χ1) is 4.86. The van der Waals surface area contributed by atoms with E-state index in [1.54, 1.807) is 0 Å². The molecule has 0 bridgehead atoms. The number of nitrogens with one attached hydrogen (secondary N) is 1. The molecule has 1 heterocycles. The molecule has 0 aromatic carbocycles. The highest BCUT2D eigenvalue weighted by Crippen LogP contribution is 2.33. The highest BCUT2D eigenvalue weighted by molar-refractivity contribution is 5.79. The molecule has 0 aromatic heterocycles. The van der Waals surface area contributed by atoms with Gasteiger partial charge >= 0.3 is 0 Å². The van der Waals surface area contributed by atoms with Crippen molar-refractivity contribution in [2.45, 2.75) is 32.1 Å². The van der Waals surface area contributed by atoms with Gasteiger partial charge in [-0.1, -0.05) is 5.57 Å². The van der Waals surface area contributed by atoms with Gasteiger partial charge in [0, 0.05) is 12.1 Å². The second-order valence-electron chi connectivity index (χ2n) is 2.98. The summed E-state index contributed by atoms with van der Waals surface area (Å²) in [7, 11) is 0. The fourth-order valence-electron chi connectivity index (χ4n) is 1.35. The van der Waals surface area contributed by atoms with Gasteiger partial charge in [0.15, 0.2) is 0 Å². The van der Waals surface area contributed by atoms with E-state index in [2.05, 4.69) is 5.32 Å². The van der Waals surface area contributed by atoms with Crippen LogP contribution < -0.4 is 5.32 Å². The SMILES string of the molecule is O=C1CCCC(=C2CC2)N1. The van der Waals surface area contributed by atoms with E-state index < -0.39 is 0 Å². The molecular formula is C8H11NO. The van der Waals surface area contributed by atoms with Gasteiger partial charge in [-0.15, -0.1) is 0 Å². The van der Waals surface area contributed by atoms with Crippen LogP contribution in [0.25, 0.3) is 0 Å². The van der Waals surface area contributed by atoms with Gasteiger partial charge in [0.05, 0.1) is 0 Å². The molecule has 0 unspecified atom stereocenters. The molecule has 2 aliphatic rings. The number of hydrogen-bond donors (Lipinski definition) is 1. The van der Waals surface area contributed by atoms with Crippen LogP contribution in [0.5, 0.6) is 0 Å². The Kier molecular flexibility index (Phi) is 1.26. The summed E-state index contributed by atoms with van der Waals surface area (Å²) in [5.74, 6) is 0.209. The third kappa shape index (κ3) is 1.06. The van der Waals surface area contributed by atoms with Gasteiger partial charge in [-0.25, -0.2) is 0 Å².